The number of hydrogen-bond donors (Lipinski definition) is 1. The Balaban J connectivity index is 1.39. The summed E-state index contributed by atoms with van der Waals surface area (Å²) in [6, 6.07) is 19.0. The lowest BCUT2D eigenvalue weighted by Crippen LogP contribution is -2.35. The van der Waals surface area contributed by atoms with Crippen molar-refractivity contribution in [2.75, 3.05) is 6.61 Å². The zero-order valence-electron chi connectivity index (χ0n) is 18.8. The molecule has 1 amide bonds. The molecular formula is C26H21N5O3S. The third kappa shape index (κ3) is 4.85. The van der Waals surface area contributed by atoms with Crippen molar-refractivity contribution in [2.24, 2.45) is 10.1 Å². The Kier molecular flexibility index (Phi) is 6.40. The minimum absolute atomic E-state index is 0.0336. The van der Waals surface area contributed by atoms with E-state index >= 15 is 0 Å². The number of carbonyl (C=O) groups is 1. The molecule has 1 aromatic heterocycles. The molecular weight excluding hydrogens is 462 g/mol. The van der Waals surface area contributed by atoms with Crippen LogP contribution in [0.1, 0.15) is 23.6 Å². The van der Waals surface area contributed by atoms with Crippen molar-refractivity contribution in [2.45, 2.75) is 13.5 Å². The minimum atomic E-state index is -0.487. The second kappa shape index (κ2) is 9.94. The number of ether oxygens (including phenoxy) is 2. The van der Waals surface area contributed by atoms with Crippen LogP contribution >= 0.6 is 11.8 Å². The fourth-order valence-corrected chi connectivity index (χ4v) is 4.38. The van der Waals surface area contributed by atoms with Crippen molar-refractivity contribution < 1.29 is 14.3 Å². The number of rotatable bonds is 7. The van der Waals surface area contributed by atoms with Crippen LogP contribution in [0.5, 0.6) is 11.5 Å². The van der Waals surface area contributed by atoms with Gasteiger partial charge in [0.05, 0.1) is 12.2 Å². The van der Waals surface area contributed by atoms with Crippen LogP contribution in [0.2, 0.25) is 0 Å². The summed E-state index contributed by atoms with van der Waals surface area (Å²) in [7, 11) is 0. The third-order valence-electron chi connectivity index (χ3n) is 5.18. The second-order valence-electron chi connectivity index (χ2n) is 7.58. The highest BCUT2D eigenvalue weighted by molar-refractivity contribution is 8.27. The van der Waals surface area contributed by atoms with E-state index in [1.807, 2.05) is 55.5 Å². The number of nitrogens with zero attached hydrogens (tertiary/aromatic N) is 4. The van der Waals surface area contributed by atoms with E-state index in [1.54, 1.807) is 30.6 Å². The van der Waals surface area contributed by atoms with E-state index in [4.69, 9.17) is 14.9 Å². The summed E-state index contributed by atoms with van der Waals surface area (Å²) in [4.78, 5) is 21.0. The zero-order valence-corrected chi connectivity index (χ0v) is 19.7. The molecule has 2 aliphatic rings. The molecule has 35 heavy (non-hydrogen) atoms. The van der Waals surface area contributed by atoms with Gasteiger partial charge in [0.1, 0.15) is 11.7 Å². The van der Waals surface area contributed by atoms with E-state index in [0.717, 1.165) is 11.1 Å². The summed E-state index contributed by atoms with van der Waals surface area (Å²) in [5.74, 6) is 0.641. The molecule has 0 saturated heterocycles. The fraction of sp³-hybridized carbons (Fsp3) is 0.115. The van der Waals surface area contributed by atoms with Gasteiger partial charge in [-0.05, 0) is 60.2 Å². The zero-order chi connectivity index (χ0) is 24.2. The molecule has 5 rings (SSSR count). The van der Waals surface area contributed by atoms with E-state index < -0.39 is 5.91 Å². The molecule has 0 radical (unpaired) electrons. The fourth-order valence-electron chi connectivity index (χ4n) is 3.50. The van der Waals surface area contributed by atoms with E-state index in [2.05, 4.69) is 15.1 Å². The normalized spacial score (nSPS) is 16.1. The summed E-state index contributed by atoms with van der Waals surface area (Å²) >= 11 is 1.24. The molecule has 3 heterocycles. The van der Waals surface area contributed by atoms with Gasteiger partial charge in [-0.2, -0.15) is 15.1 Å². The lowest BCUT2D eigenvalue weighted by Gasteiger charge is -2.20. The first-order chi connectivity index (χ1) is 17.1. The summed E-state index contributed by atoms with van der Waals surface area (Å²) in [6.07, 6.45) is 4.98. The lowest BCUT2D eigenvalue weighted by molar-refractivity contribution is -0.114. The molecule has 0 saturated carbocycles. The second-order valence-corrected chi connectivity index (χ2v) is 8.54. The number of hydrazone groups is 1. The monoisotopic (exact) mass is 483 g/mol. The van der Waals surface area contributed by atoms with Crippen molar-refractivity contribution in [3.63, 3.8) is 0 Å². The molecule has 0 fully saturated rings. The molecule has 1 N–H and O–H groups in total. The lowest BCUT2D eigenvalue weighted by atomic mass is 10.1. The molecule has 0 atom stereocenters. The maximum Gasteiger partial charge on any atom is 0.283 e. The number of fused-ring (bicyclic) bond motifs is 1. The highest BCUT2D eigenvalue weighted by Crippen LogP contribution is 2.33. The standard InChI is InChI=1S/C26H21N5O3S/c1-2-33-22-14-18(10-11-21(22)34-16-17-7-4-3-5-8-17)13-20-23(27)31-26(29-24(20)32)35-25(30-31)19-9-6-12-28-15-19/h3-15,27H,2,16H2,1H3/b20-13-,27-23?. The maximum absolute atomic E-state index is 12.8. The number of carbonyl (C=O) groups excluding carboxylic acids is 1. The van der Waals surface area contributed by atoms with Crippen molar-refractivity contribution in [3.8, 4) is 11.5 Å². The van der Waals surface area contributed by atoms with Crippen LogP contribution in [0.3, 0.4) is 0 Å². The molecule has 0 spiro atoms. The average molecular weight is 484 g/mol. The topological polar surface area (TPSA) is 100 Å². The van der Waals surface area contributed by atoms with Gasteiger partial charge in [0.15, 0.2) is 17.3 Å². The van der Waals surface area contributed by atoms with E-state index in [1.165, 1.54) is 16.8 Å². The van der Waals surface area contributed by atoms with Crippen molar-refractivity contribution in [1.29, 1.82) is 5.41 Å². The van der Waals surface area contributed by atoms with Gasteiger partial charge in [-0.3, -0.25) is 15.2 Å². The Morgan fingerprint density at radius 3 is 2.69 bits per heavy atom. The Bertz CT molecular complexity index is 1370. The van der Waals surface area contributed by atoms with Crippen LogP contribution in [0.4, 0.5) is 0 Å². The van der Waals surface area contributed by atoms with Crippen LogP contribution in [0.15, 0.2) is 88.7 Å². The van der Waals surface area contributed by atoms with E-state index in [0.29, 0.717) is 40.5 Å². The molecule has 2 aromatic carbocycles. The number of pyridine rings is 1. The average Bonchev–Trinajstić information content (AvgIpc) is 3.32. The molecule has 9 heteroatoms. The first-order valence-electron chi connectivity index (χ1n) is 11.0. The van der Waals surface area contributed by atoms with Gasteiger partial charge in [0.2, 0.25) is 5.17 Å². The van der Waals surface area contributed by atoms with Crippen molar-refractivity contribution in [1.82, 2.24) is 9.99 Å². The minimum Gasteiger partial charge on any atom is -0.490 e. The van der Waals surface area contributed by atoms with Crippen LogP contribution in [-0.4, -0.2) is 38.6 Å². The highest BCUT2D eigenvalue weighted by Gasteiger charge is 2.36. The number of amides is 1. The number of amidine groups is 2. The van der Waals surface area contributed by atoms with Crippen LogP contribution in [-0.2, 0) is 11.4 Å². The van der Waals surface area contributed by atoms with Gasteiger partial charge in [-0.15, -0.1) is 0 Å². The SMILES string of the molecule is CCOc1cc(/C=C2/C(=N)N3N=C(c4cccnc4)SC3=NC2=O)ccc1OCc1ccccc1. The van der Waals surface area contributed by atoms with Crippen molar-refractivity contribution in [3.05, 3.63) is 95.3 Å². The molecule has 3 aromatic rings. The van der Waals surface area contributed by atoms with Gasteiger partial charge in [0, 0.05) is 18.0 Å². The van der Waals surface area contributed by atoms with Gasteiger partial charge in [0.25, 0.3) is 5.91 Å². The van der Waals surface area contributed by atoms with Crippen LogP contribution < -0.4 is 9.47 Å². The number of hydrogen-bond acceptors (Lipinski definition) is 7. The highest BCUT2D eigenvalue weighted by atomic mass is 32.2. The van der Waals surface area contributed by atoms with E-state index in [9.17, 15) is 4.79 Å². The largest absolute Gasteiger partial charge is 0.490 e. The van der Waals surface area contributed by atoms with Crippen molar-refractivity contribution >= 4 is 39.8 Å². The molecule has 0 bridgehead atoms. The summed E-state index contributed by atoms with van der Waals surface area (Å²) in [5, 5.41) is 15.5. The number of thioether (sulfide) groups is 1. The smallest absolute Gasteiger partial charge is 0.283 e. The Labute approximate surface area is 206 Å². The van der Waals surface area contributed by atoms with Gasteiger partial charge in [-0.25, -0.2) is 0 Å². The van der Waals surface area contributed by atoms with Gasteiger partial charge in [-0.1, -0.05) is 36.4 Å². The Morgan fingerprint density at radius 2 is 1.91 bits per heavy atom. The Hall–Kier alpha value is -4.24. The first kappa shape index (κ1) is 22.5. The summed E-state index contributed by atoms with van der Waals surface area (Å²) in [5.41, 5.74) is 2.68. The maximum atomic E-state index is 12.8. The molecule has 2 aliphatic heterocycles. The molecule has 174 valence electrons. The third-order valence-corrected chi connectivity index (χ3v) is 6.14. The predicted molar refractivity (Wildman–Crippen MR) is 137 cm³/mol. The van der Waals surface area contributed by atoms with Crippen LogP contribution in [0.25, 0.3) is 6.08 Å². The summed E-state index contributed by atoms with van der Waals surface area (Å²) in [6.45, 7) is 2.76. The molecule has 8 nitrogen and oxygen atoms in total. The number of aromatic nitrogens is 1. The van der Waals surface area contributed by atoms with Gasteiger partial charge >= 0.3 is 0 Å². The quantitative estimate of drug-likeness (QED) is 0.488. The number of benzene rings is 2. The van der Waals surface area contributed by atoms with Crippen LogP contribution in [0, 0.1) is 5.41 Å². The number of nitrogens with one attached hydrogen (secondary N) is 1. The summed E-state index contributed by atoms with van der Waals surface area (Å²) < 4.78 is 11.7. The first-order valence-corrected chi connectivity index (χ1v) is 11.8. The van der Waals surface area contributed by atoms with E-state index in [-0.39, 0.29) is 11.4 Å². The predicted octanol–water partition coefficient (Wildman–Crippen LogP) is 4.73. The van der Waals surface area contributed by atoms with Gasteiger partial charge < -0.3 is 9.47 Å². The number of aliphatic imine (C=N–C) groups is 1. The molecule has 0 unspecified atom stereocenters. The Morgan fingerprint density at radius 1 is 1.06 bits per heavy atom. The molecule has 0 aliphatic carbocycles.